The van der Waals surface area contributed by atoms with Crippen LogP contribution in [0.1, 0.15) is 52.4 Å². The average molecular weight is 341 g/mol. The second-order valence-electron chi connectivity index (χ2n) is 5.50. The minimum atomic E-state index is -0.687. The van der Waals surface area contributed by atoms with Gasteiger partial charge in [0, 0.05) is 10.2 Å². The minimum Gasteiger partial charge on any atom is -0.371 e. The van der Waals surface area contributed by atoms with Gasteiger partial charge in [0.2, 0.25) is 5.91 Å². The fourth-order valence-corrected chi connectivity index (χ4v) is 2.61. The van der Waals surface area contributed by atoms with Crippen LogP contribution in [0.3, 0.4) is 0 Å². The summed E-state index contributed by atoms with van der Waals surface area (Å²) in [6, 6.07) is 7.80. The Morgan fingerprint density at radius 3 is 2.60 bits per heavy atom. The van der Waals surface area contributed by atoms with Crippen LogP contribution in [0.4, 0.5) is 5.69 Å². The molecule has 3 N–H and O–H groups in total. The van der Waals surface area contributed by atoms with Gasteiger partial charge >= 0.3 is 0 Å². The van der Waals surface area contributed by atoms with Gasteiger partial charge < -0.3 is 11.1 Å². The number of benzene rings is 1. The Morgan fingerprint density at radius 1 is 1.30 bits per heavy atom. The molecule has 0 radical (unpaired) electrons. The summed E-state index contributed by atoms with van der Waals surface area (Å²) >= 11 is 3.43. The van der Waals surface area contributed by atoms with Crippen molar-refractivity contribution in [3.05, 3.63) is 28.7 Å². The van der Waals surface area contributed by atoms with Crippen LogP contribution in [0.2, 0.25) is 0 Å². The lowest BCUT2D eigenvalue weighted by Crippen LogP contribution is -2.47. The minimum absolute atomic E-state index is 0.298. The van der Waals surface area contributed by atoms with Gasteiger partial charge in [-0.1, -0.05) is 61.0 Å². The third-order valence-corrected chi connectivity index (χ3v) is 4.06. The van der Waals surface area contributed by atoms with E-state index in [4.69, 9.17) is 5.73 Å². The van der Waals surface area contributed by atoms with E-state index in [1.807, 2.05) is 31.2 Å². The summed E-state index contributed by atoms with van der Waals surface area (Å²) in [6.45, 7) is 4.08. The lowest BCUT2D eigenvalue weighted by molar-refractivity contribution is -0.122. The zero-order chi connectivity index (χ0) is 15.0. The largest absolute Gasteiger partial charge is 0.371 e. The van der Waals surface area contributed by atoms with Gasteiger partial charge in [-0.05, 0) is 31.5 Å². The molecule has 0 aromatic heterocycles. The molecule has 0 spiro atoms. The smallest absolute Gasteiger partial charge is 0.242 e. The van der Waals surface area contributed by atoms with Crippen LogP contribution < -0.4 is 11.1 Å². The molecule has 112 valence electrons. The van der Waals surface area contributed by atoms with E-state index in [-0.39, 0.29) is 5.91 Å². The molecule has 1 aromatic carbocycles. The highest BCUT2D eigenvalue weighted by Gasteiger charge is 2.30. The number of unbranched alkanes of at least 4 members (excludes halogenated alkanes) is 4. The van der Waals surface area contributed by atoms with E-state index in [1.165, 1.54) is 19.3 Å². The fraction of sp³-hybridized carbons (Fsp3) is 0.562. The molecule has 0 fully saturated rings. The number of hydrogen-bond acceptors (Lipinski definition) is 2. The van der Waals surface area contributed by atoms with Crippen molar-refractivity contribution in [2.45, 2.75) is 57.9 Å². The van der Waals surface area contributed by atoms with Crippen molar-refractivity contribution in [3.8, 4) is 0 Å². The number of amides is 1. The topological polar surface area (TPSA) is 55.1 Å². The lowest BCUT2D eigenvalue weighted by atomic mass is 9.92. The molecule has 0 aliphatic rings. The summed E-state index contributed by atoms with van der Waals surface area (Å²) in [4.78, 5) is 11.8. The Kier molecular flexibility index (Phi) is 7.06. The van der Waals surface area contributed by atoms with E-state index < -0.39 is 5.54 Å². The monoisotopic (exact) mass is 340 g/mol. The predicted octanol–water partition coefficient (Wildman–Crippen LogP) is 4.47. The van der Waals surface area contributed by atoms with Crippen LogP contribution >= 0.6 is 15.9 Å². The standard InChI is InChI=1S/C16H25BrN2O/c1-3-4-5-6-7-11-16(2,15(18)20)19-14-10-8-9-13(17)12-14/h8-10,12,19H,3-7,11H2,1-2H3,(H2,18,20). The van der Waals surface area contributed by atoms with Gasteiger partial charge in [-0.2, -0.15) is 0 Å². The Morgan fingerprint density at radius 2 is 2.00 bits per heavy atom. The van der Waals surface area contributed by atoms with Gasteiger partial charge in [-0.15, -0.1) is 0 Å². The molecular weight excluding hydrogens is 316 g/mol. The molecule has 0 bridgehead atoms. The zero-order valence-electron chi connectivity index (χ0n) is 12.4. The maximum Gasteiger partial charge on any atom is 0.242 e. The van der Waals surface area contributed by atoms with Crippen molar-refractivity contribution in [2.75, 3.05) is 5.32 Å². The summed E-state index contributed by atoms with van der Waals surface area (Å²) < 4.78 is 0.984. The lowest BCUT2D eigenvalue weighted by Gasteiger charge is -2.29. The average Bonchev–Trinajstić information content (AvgIpc) is 2.38. The van der Waals surface area contributed by atoms with E-state index in [9.17, 15) is 4.79 Å². The van der Waals surface area contributed by atoms with Gasteiger partial charge in [-0.25, -0.2) is 0 Å². The highest BCUT2D eigenvalue weighted by molar-refractivity contribution is 9.10. The quantitative estimate of drug-likeness (QED) is 0.651. The molecule has 0 heterocycles. The molecule has 0 aliphatic carbocycles. The third kappa shape index (κ3) is 5.53. The van der Waals surface area contributed by atoms with Crippen molar-refractivity contribution >= 4 is 27.5 Å². The number of carbonyl (C=O) groups is 1. The van der Waals surface area contributed by atoms with Crippen LogP contribution in [-0.2, 0) is 4.79 Å². The van der Waals surface area contributed by atoms with E-state index in [0.717, 1.165) is 29.4 Å². The van der Waals surface area contributed by atoms with E-state index in [0.29, 0.717) is 0 Å². The van der Waals surface area contributed by atoms with Crippen LogP contribution in [-0.4, -0.2) is 11.4 Å². The summed E-state index contributed by atoms with van der Waals surface area (Å²) in [5.74, 6) is -0.298. The van der Waals surface area contributed by atoms with E-state index in [2.05, 4.69) is 28.2 Å². The Hall–Kier alpha value is -1.03. The third-order valence-electron chi connectivity index (χ3n) is 3.57. The Bertz CT molecular complexity index is 436. The molecule has 1 rings (SSSR count). The SMILES string of the molecule is CCCCCCCC(C)(Nc1cccc(Br)c1)C(N)=O. The van der Waals surface area contributed by atoms with Crippen molar-refractivity contribution in [2.24, 2.45) is 5.73 Å². The first-order valence-corrected chi connectivity index (χ1v) is 8.11. The van der Waals surface area contributed by atoms with Crippen molar-refractivity contribution in [1.82, 2.24) is 0 Å². The second kappa shape index (κ2) is 8.30. The summed E-state index contributed by atoms with van der Waals surface area (Å²) in [6.07, 6.45) is 6.63. The zero-order valence-corrected chi connectivity index (χ0v) is 14.0. The number of halogens is 1. The van der Waals surface area contributed by atoms with E-state index >= 15 is 0 Å². The number of carbonyl (C=O) groups excluding carboxylic acids is 1. The molecule has 1 aromatic rings. The van der Waals surface area contributed by atoms with Crippen molar-refractivity contribution < 1.29 is 4.79 Å². The molecule has 20 heavy (non-hydrogen) atoms. The van der Waals surface area contributed by atoms with Crippen molar-refractivity contribution in [1.29, 1.82) is 0 Å². The summed E-state index contributed by atoms with van der Waals surface area (Å²) in [5, 5.41) is 3.28. The maximum absolute atomic E-state index is 11.8. The molecule has 1 atom stereocenters. The molecule has 3 nitrogen and oxygen atoms in total. The van der Waals surface area contributed by atoms with Gasteiger partial charge in [-0.3, -0.25) is 4.79 Å². The van der Waals surface area contributed by atoms with Gasteiger partial charge in [0.05, 0.1) is 0 Å². The maximum atomic E-state index is 11.8. The van der Waals surface area contributed by atoms with Gasteiger partial charge in [0.1, 0.15) is 5.54 Å². The summed E-state index contributed by atoms with van der Waals surface area (Å²) in [7, 11) is 0. The fourth-order valence-electron chi connectivity index (χ4n) is 2.21. The molecule has 0 saturated heterocycles. The summed E-state index contributed by atoms with van der Waals surface area (Å²) in [5.41, 5.74) is 5.81. The number of nitrogens with one attached hydrogen (secondary N) is 1. The van der Waals surface area contributed by atoms with Crippen LogP contribution in [0.15, 0.2) is 28.7 Å². The molecule has 1 unspecified atom stereocenters. The number of hydrogen-bond donors (Lipinski definition) is 2. The van der Waals surface area contributed by atoms with Crippen molar-refractivity contribution in [3.63, 3.8) is 0 Å². The molecular formula is C16H25BrN2O. The first kappa shape index (κ1) is 17.0. The van der Waals surface area contributed by atoms with Gasteiger partial charge in [0.15, 0.2) is 0 Å². The normalized spacial score (nSPS) is 13.8. The van der Waals surface area contributed by atoms with Crippen LogP contribution in [0.5, 0.6) is 0 Å². The molecule has 1 amide bonds. The van der Waals surface area contributed by atoms with E-state index in [1.54, 1.807) is 0 Å². The predicted molar refractivity (Wildman–Crippen MR) is 88.7 cm³/mol. The Balaban J connectivity index is 2.60. The first-order chi connectivity index (χ1) is 9.48. The molecule has 0 aliphatic heterocycles. The molecule has 4 heteroatoms. The van der Waals surface area contributed by atoms with Gasteiger partial charge in [0.25, 0.3) is 0 Å². The number of anilines is 1. The highest BCUT2D eigenvalue weighted by atomic mass is 79.9. The number of primary amides is 1. The highest BCUT2D eigenvalue weighted by Crippen LogP contribution is 2.24. The Labute approximate surface area is 130 Å². The number of nitrogens with two attached hydrogens (primary N) is 1. The van der Waals surface area contributed by atoms with Crippen LogP contribution in [0, 0.1) is 0 Å². The van der Waals surface area contributed by atoms with Crippen LogP contribution in [0.25, 0.3) is 0 Å². The second-order valence-corrected chi connectivity index (χ2v) is 6.41. The number of rotatable bonds is 9. The molecule has 0 saturated carbocycles. The first-order valence-electron chi connectivity index (χ1n) is 7.31.